The fourth-order valence-electron chi connectivity index (χ4n) is 3.99. The minimum atomic E-state index is -2.61. The van der Waals surface area contributed by atoms with Crippen LogP contribution in [0.2, 0.25) is 5.04 Å². The van der Waals surface area contributed by atoms with E-state index in [9.17, 15) is 9.90 Å². The molecule has 4 nitrogen and oxygen atoms in total. The molecule has 2 rings (SSSR count). The molecule has 0 saturated heterocycles. The Kier molecular flexibility index (Phi) is 9.27. The lowest BCUT2D eigenvalue weighted by Crippen LogP contribution is -2.67. The lowest BCUT2D eigenvalue weighted by Gasteiger charge is -2.43. The summed E-state index contributed by atoms with van der Waals surface area (Å²) < 4.78 is 11.4. The van der Waals surface area contributed by atoms with Gasteiger partial charge in [-0.3, -0.25) is 4.79 Å². The molecular weight excluding hydrogens is 392 g/mol. The summed E-state index contributed by atoms with van der Waals surface area (Å²) in [7, 11) is -1.20. The second-order valence-corrected chi connectivity index (χ2v) is 13.1. The standard InChI is InChI=1S/C25H36O4Si/c1-25(2,3)30(22-15-9-6-10-16-22,23-17-11-7-12-18-23)29-20-21(26)14-8-5-13-19-24(27)28-4/h6-7,9-12,15-18,21,26H,5,8,13-14,19-20H2,1-4H3/t21-/m0/s1. The molecule has 0 aliphatic heterocycles. The number of hydrogen-bond donors (Lipinski definition) is 1. The van der Waals surface area contributed by atoms with Crippen LogP contribution in [0.5, 0.6) is 0 Å². The molecule has 5 heteroatoms. The van der Waals surface area contributed by atoms with Crippen LogP contribution in [-0.4, -0.2) is 39.2 Å². The summed E-state index contributed by atoms with van der Waals surface area (Å²) in [5, 5.41) is 13.0. The molecule has 164 valence electrons. The van der Waals surface area contributed by atoms with Crippen molar-refractivity contribution in [2.24, 2.45) is 0 Å². The van der Waals surface area contributed by atoms with E-state index < -0.39 is 14.4 Å². The van der Waals surface area contributed by atoms with E-state index >= 15 is 0 Å². The third-order valence-corrected chi connectivity index (χ3v) is 10.6. The van der Waals surface area contributed by atoms with Crippen LogP contribution < -0.4 is 10.4 Å². The first-order chi connectivity index (χ1) is 14.3. The van der Waals surface area contributed by atoms with Crippen molar-refractivity contribution in [3.05, 3.63) is 60.7 Å². The van der Waals surface area contributed by atoms with E-state index in [1.807, 2.05) is 12.1 Å². The van der Waals surface area contributed by atoms with E-state index in [0.29, 0.717) is 19.4 Å². The average Bonchev–Trinajstić information content (AvgIpc) is 2.74. The van der Waals surface area contributed by atoms with Crippen LogP contribution in [0, 0.1) is 0 Å². The van der Waals surface area contributed by atoms with Crippen LogP contribution in [0.25, 0.3) is 0 Å². The van der Waals surface area contributed by atoms with E-state index in [2.05, 4.69) is 74.0 Å². The van der Waals surface area contributed by atoms with Crippen molar-refractivity contribution in [2.75, 3.05) is 13.7 Å². The fourth-order valence-corrected chi connectivity index (χ4v) is 8.59. The molecule has 0 spiro atoms. The average molecular weight is 429 g/mol. The summed E-state index contributed by atoms with van der Waals surface area (Å²) in [5.41, 5.74) is 0. The van der Waals surface area contributed by atoms with Crippen LogP contribution in [-0.2, 0) is 14.0 Å². The molecule has 0 unspecified atom stereocenters. The van der Waals surface area contributed by atoms with Gasteiger partial charge in [0.2, 0.25) is 0 Å². The number of benzene rings is 2. The van der Waals surface area contributed by atoms with E-state index in [-0.39, 0.29) is 11.0 Å². The molecule has 1 N–H and O–H groups in total. The van der Waals surface area contributed by atoms with Gasteiger partial charge in [0.05, 0.1) is 19.8 Å². The molecule has 30 heavy (non-hydrogen) atoms. The maximum atomic E-state index is 11.2. The van der Waals surface area contributed by atoms with Gasteiger partial charge < -0.3 is 14.3 Å². The van der Waals surface area contributed by atoms with Crippen molar-refractivity contribution in [1.82, 2.24) is 0 Å². The third-order valence-electron chi connectivity index (χ3n) is 5.55. The maximum Gasteiger partial charge on any atom is 0.305 e. The summed E-state index contributed by atoms with van der Waals surface area (Å²) in [6.45, 7) is 7.01. The Bertz CT molecular complexity index is 716. The smallest absolute Gasteiger partial charge is 0.305 e. The van der Waals surface area contributed by atoms with E-state index in [1.54, 1.807) is 0 Å². The predicted octanol–water partition coefficient (Wildman–Crippen LogP) is 4.05. The number of aliphatic hydroxyl groups excluding tert-OH is 1. The normalized spacial score (nSPS) is 13.1. The van der Waals surface area contributed by atoms with Crippen LogP contribution >= 0.6 is 0 Å². The summed E-state index contributed by atoms with van der Waals surface area (Å²) >= 11 is 0. The van der Waals surface area contributed by atoms with Crippen molar-refractivity contribution in [3.63, 3.8) is 0 Å². The molecule has 0 fully saturated rings. The van der Waals surface area contributed by atoms with Crippen molar-refractivity contribution >= 4 is 24.7 Å². The van der Waals surface area contributed by atoms with Crippen LogP contribution in [0.15, 0.2) is 60.7 Å². The van der Waals surface area contributed by atoms with Gasteiger partial charge in [-0.15, -0.1) is 0 Å². The Morgan fingerprint density at radius 3 is 1.93 bits per heavy atom. The first-order valence-corrected chi connectivity index (χ1v) is 12.7. The summed E-state index contributed by atoms with van der Waals surface area (Å²) in [4.78, 5) is 11.2. The topological polar surface area (TPSA) is 55.8 Å². The largest absolute Gasteiger partial charge is 0.469 e. The van der Waals surface area contributed by atoms with Gasteiger partial charge in [-0.1, -0.05) is 94.3 Å². The number of unbranched alkanes of at least 4 members (excludes halogenated alkanes) is 2. The number of carbonyl (C=O) groups is 1. The molecule has 0 amide bonds. The van der Waals surface area contributed by atoms with Crippen molar-refractivity contribution in [1.29, 1.82) is 0 Å². The minimum absolute atomic E-state index is 0.101. The number of carbonyl (C=O) groups excluding carboxylic acids is 1. The highest BCUT2D eigenvalue weighted by Crippen LogP contribution is 2.36. The minimum Gasteiger partial charge on any atom is -0.469 e. The van der Waals surface area contributed by atoms with Crippen molar-refractivity contribution in [2.45, 2.75) is 64.0 Å². The highest BCUT2D eigenvalue weighted by molar-refractivity contribution is 6.99. The Balaban J connectivity index is 2.12. The zero-order valence-corrected chi connectivity index (χ0v) is 19.8. The lowest BCUT2D eigenvalue weighted by molar-refractivity contribution is -0.140. The van der Waals surface area contributed by atoms with Gasteiger partial charge >= 0.3 is 5.97 Å². The van der Waals surface area contributed by atoms with Gasteiger partial charge in [-0.25, -0.2) is 0 Å². The molecule has 0 aliphatic rings. The monoisotopic (exact) mass is 428 g/mol. The number of ether oxygens (including phenoxy) is 1. The Labute approximate surface area is 182 Å². The molecule has 0 saturated carbocycles. The summed E-state index contributed by atoms with van der Waals surface area (Å²) in [5.74, 6) is -0.175. The van der Waals surface area contributed by atoms with Gasteiger partial charge in [-0.2, -0.15) is 0 Å². The third kappa shape index (κ3) is 6.27. The molecule has 0 radical (unpaired) electrons. The first-order valence-electron chi connectivity index (χ1n) is 10.8. The molecular formula is C25H36O4Si. The fraction of sp³-hybridized carbons (Fsp3) is 0.480. The Morgan fingerprint density at radius 1 is 0.933 bits per heavy atom. The second kappa shape index (κ2) is 11.4. The molecule has 0 heterocycles. The second-order valence-electron chi connectivity index (χ2n) is 8.80. The molecule has 1 atom stereocenters. The number of esters is 1. The van der Waals surface area contributed by atoms with Gasteiger partial charge in [0, 0.05) is 6.42 Å². The maximum absolute atomic E-state index is 11.2. The molecule has 0 aliphatic carbocycles. The predicted molar refractivity (Wildman–Crippen MR) is 125 cm³/mol. The number of rotatable bonds is 11. The first kappa shape index (κ1) is 24.3. The zero-order valence-electron chi connectivity index (χ0n) is 18.8. The van der Waals surface area contributed by atoms with Crippen LogP contribution in [0.1, 0.15) is 52.9 Å². The van der Waals surface area contributed by atoms with Crippen LogP contribution in [0.3, 0.4) is 0 Å². The number of methoxy groups -OCH3 is 1. The van der Waals surface area contributed by atoms with Crippen molar-refractivity contribution in [3.8, 4) is 0 Å². The lowest BCUT2D eigenvalue weighted by atomic mass is 10.1. The summed E-state index contributed by atoms with van der Waals surface area (Å²) in [6.07, 6.45) is 3.12. The molecule has 2 aromatic carbocycles. The Hall–Kier alpha value is -1.95. The van der Waals surface area contributed by atoms with E-state index in [4.69, 9.17) is 4.43 Å². The van der Waals surface area contributed by atoms with E-state index in [0.717, 1.165) is 19.3 Å². The number of aliphatic hydroxyl groups is 1. The van der Waals surface area contributed by atoms with Gasteiger partial charge in [-0.05, 0) is 28.3 Å². The van der Waals surface area contributed by atoms with Crippen LogP contribution in [0.4, 0.5) is 0 Å². The Morgan fingerprint density at radius 2 is 1.47 bits per heavy atom. The highest BCUT2D eigenvalue weighted by Gasteiger charge is 2.50. The molecule has 0 bridgehead atoms. The molecule has 2 aromatic rings. The van der Waals surface area contributed by atoms with Gasteiger partial charge in [0.15, 0.2) is 0 Å². The quantitative estimate of drug-likeness (QED) is 0.333. The summed E-state index contributed by atoms with van der Waals surface area (Å²) in [6, 6.07) is 20.9. The van der Waals surface area contributed by atoms with E-state index in [1.165, 1.54) is 17.5 Å². The van der Waals surface area contributed by atoms with Crippen molar-refractivity contribution < 1.29 is 19.1 Å². The molecule has 0 aromatic heterocycles. The SMILES string of the molecule is COC(=O)CCCCC[C@H](O)CO[Si](c1ccccc1)(c1ccccc1)C(C)(C)C. The zero-order chi connectivity index (χ0) is 22.0. The van der Waals surface area contributed by atoms with Gasteiger partial charge in [0.25, 0.3) is 8.32 Å². The van der Waals surface area contributed by atoms with Gasteiger partial charge in [0.1, 0.15) is 0 Å². The highest BCUT2D eigenvalue weighted by atomic mass is 28.4. The number of hydrogen-bond acceptors (Lipinski definition) is 4.